The Labute approximate surface area is 329 Å². The summed E-state index contributed by atoms with van der Waals surface area (Å²) in [7, 11) is 0. The Balaban J connectivity index is 1.33. The van der Waals surface area contributed by atoms with Crippen molar-refractivity contribution in [3.8, 4) is 0 Å². The molecule has 0 amide bonds. The number of carbonyl (C=O) groups excluding carboxylic acids is 2. The highest BCUT2D eigenvalue weighted by Crippen LogP contribution is 2.78. The van der Waals surface area contributed by atoms with Crippen molar-refractivity contribution in [2.24, 2.45) is 39.9 Å². The van der Waals surface area contributed by atoms with Crippen LogP contribution in [0.25, 0.3) is 0 Å². The lowest BCUT2D eigenvalue weighted by Crippen LogP contribution is -2.87. The Morgan fingerprint density at radius 1 is 1.04 bits per heavy atom. The summed E-state index contributed by atoms with van der Waals surface area (Å²) in [6.07, 6.45) is 17.1. The molecule has 4 aliphatic carbocycles. The molecule has 1 aromatic carbocycles. The van der Waals surface area contributed by atoms with Crippen molar-refractivity contribution in [1.82, 2.24) is 10.9 Å². The second kappa shape index (κ2) is 15.3. The number of benzene rings is 1. The second-order valence-corrected chi connectivity index (χ2v) is 19.3. The number of nitrogens with one attached hydrogen (secondary N) is 2. The number of aryl methyl sites for hydroxylation is 1. The molecular weight excluding hydrogens is 693 g/mol. The molecule has 0 radical (unpaired) electrons. The average molecular weight is 761 g/mol. The van der Waals surface area contributed by atoms with Crippen molar-refractivity contribution in [3.05, 3.63) is 59.7 Å². The maximum absolute atomic E-state index is 14.0. The standard InChI is InChI=1S/C46H68N2O7/c1-6-7-9-16-34-26-36-37(27-34)47-48-44(55-32(3)49)30-41(4)24-25-43(52,22-18-31(2)13-12-17-33-14-10-8-11-15-33)46(38(50)20-21-42(36,5)40(44)46)45(41,53)23-19-35-28-39(51)54-29-35/h8,10-11,14-15,24-25,28,31,34,36-38,40,47-48,50,52-53H,6-7,9,12-13,16-23,26-27,29-30H2,1-5H3/t31-,34+,36-,37-,38+,40?,41-,42+,43+,44+,45-,46-/m1/s1. The molecule has 3 saturated carbocycles. The van der Waals surface area contributed by atoms with Crippen LogP contribution >= 0.6 is 0 Å². The number of unbranched alkanes of at least 4 members (excludes halogenated alkanes) is 2. The molecule has 1 unspecified atom stereocenters. The van der Waals surface area contributed by atoms with Gasteiger partial charge >= 0.3 is 11.9 Å². The number of ether oxygens (including phenoxy) is 2. The first-order chi connectivity index (χ1) is 26.2. The maximum Gasteiger partial charge on any atom is 0.331 e. The topological polar surface area (TPSA) is 137 Å². The van der Waals surface area contributed by atoms with E-state index >= 15 is 0 Å². The Bertz CT molecular complexity index is 1630. The van der Waals surface area contributed by atoms with Crippen LogP contribution in [-0.2, 0) is 25.5 Å². The van der Waals surface area contributed by atoms with Gasteiger partial charge in [0.25, 0.3) is 0 Å². The van der Waals surface area contributed by atoms with Crippen LogP contribution in [0.3, 0.4) is 0 Å². The Kier molecular flexibility index (Phi) is 11.3. The zero-order valence-corrected chi connectivity index (χ0v) is 34.1. The minimum atomic E-state index is -1.64. The summed E-state index contributed by atoms with van der Waals surface area (Å²) in [5.74, 6) is -0.465. The van der Waals surface area contributed by atoms with Crippen LogP contribution in [0, 0.1) is 39.9 Å². The first-order valence-electron chi connectivity index (χ1n) is 21.6. The van der Waals surface area contributed by atoms with E-state index < -0.39 is 51.2 Å². The number of hydrazine groups is 1. The molecule has 2 aliphatic heterocycles. The van der Waals surface area contributed by atoms with Gasteiger partial charge in [0, 0.05) is 36.8 Å². The second-order valence-electron chi connectivity index (χ2n) is 19.3. The molecule has 12 atom stereocenters. The van der Waals surface area contributed by atoms with Crippen molar-refractivity contribution < 1.29 is 34.4 Å². The predicted octanol–water partition coefficient (Wildman–Crippen LogP) is 7.24. The van der Waals surface area contributed by atoms with Crippen LogP contribution in [-0.4, -0.2) is 62.9 Å². The number of rotatable bonds is 15. The van der Waals surface area contributed by atoms with E-state index in [1.165, 1.54) is 44.2 Å². The van der Waals surface area contributed by atoms with E-state index in [1.54, 1.807) is 0 Å². The number of hydrogen-bond acceptors (Lipinski definition) is 9. The number of hydrogen-bond donors (Lipinski definition) is 5. The fraction of sp³-hybridized carbons (Fsp3) is 0.739. The van der Waals surface area contributed by atoms with Crippen molar-refractivity contribution in [2.75, 3.05) is 6.61 Å². The van der Waals surface area contributed by atoms with Gasteiger partial charge in [-0.2, -0.15) is 0 Å². The number of carbonyl (C=O) groups is 2. The van der Waals surface area contributed by atoms with Crippen LogP contribution in [0.4, 0.5) is 0 Å². The van der Waals surface area contributed by atoms with Crippen molar-refractivity contribution in [2.45, 2.75) is 166 Å². The molecule has 304 valence electrons. The van der Waals surface area contributed by atoms with Gasteiger partial charge in [-0.15, -0.1) is 0 Å². The summed E-state index contributed by atoms with van der Waals surface area (Å²) < 4.78 is 11.9. The van der Waals surface area contributed by atoms with Crippen LogP contribution in [0.5, 0.6) is 0 Å². The summed E-state index contributed by atoms with van der Waals surface area (Å²) >= 11 is 0. The van der Waals surface area contributed by atoms with Gasteiger partial charge in [-0.05, 0) is 98.5 Å². The highest BCUT2D eigenvalue weighted by molar-refractivity contribution is 5.85. The largest absolute Gasteiger partial charge is 0.458 e. The Morgan fingerprint density at radius 2 is 1.82 bits per heavy atom. The van der Waals surface area contributed by atoms with E-state index in [4.69, 9.17) is 9.47 Å². The molecule has 1 aromatic rings. The van der Waals surface area contributed by atoms with Crippen molar-refractivity contribution in [1.29, 1.82) is 0 Å². The van der Waals surface area contributed by atoms with Gasteiger partial charge in [0.1, 0.15) is 6.61 Å². The Hall–Kier alpha value is -2.56. The molecule has 7 rings (SSSR count). The predicted molar refractivity (Wildman–Crippen MR) is 212 cm³/mol. The Morgan fingerprint density at radius 3 is 2.53 bits per heavy atom. The monoisotopic (exact) mass is 761 g/mol. The molecule has 0 aromatic heterocycles. The minimum absolute atomic E-state index is 0.111. The third-order valence-electron chi connectivity index (χ3n) is 15.8. The van der Waals surface area contributed by atoms with E-state index in [0.717, 1.165) is 37.7 Å². The van der Waals surface area contributed by atoms with Crippen LogP contribution < -0.4 is 10.9 Å². The molecule has 4 fully saturated rings. The summed E-state index contributed by atoms with van der Waals surface area (Å²) in [5.41, 5.74) is 1.85. The molecule has 2 bridgehead atoms. The quantitative estimate of drug-likeness (QED) is 0.0712. The molecule has 5 N–H and O–H groups in total. The van der Waals surface area contributed by atoms with E-state index in [-0.39, 0.29) is 43.3 Å². The van der Waals surface area contributed by atoms with Gasteiger partial charge in [0.05, 0.1) is 22.7 Å². The fourth-order valence-electron chi connectivity index (χ4n) is 13.4. The number of cyclic esters (lactones) is 1. The smallest absolute Gasteiger partial charge is 0.331 e. The molecular formula is C46H68N2O7. The molecule has 6 aliphatic rings. The highest BCUT2D eigenvalue weighted by Gasteiger charge is 2.85. The van der Waals surface area contributed by atoms with Crippen LogP contribution in [0.2, 0.25) is 0 Å². The molecule has 2 heterocycles. The van der Waals surface area contributed by atoms with Gasteiger partial charge < -0.3 is 24.8 Å². The third kappa shape index (κ3) is 6.75. The van der Waals surface area contributed by atoms with Gasteiger partial charge in [0.2, 0.25) is 0 Å². The number of aliphatic hydroxyl groups excluding tert-OH is 1. The van der Waals surface area contributed by atoms with Gasteiger partial charge in [-0.3, -0.25) is 10.2 Å². The summed E-state index contributed by atoms with van der Waals surface area (Å²) in [4.78, 5) is 25.6. The first kappa shape index (κ1) is 40.6. The van der Waals surface area contributed by atoms with Gasteiger partial charge in [0.15, 0.2) is 5.72 Å². The number of esters is 2. The zero-order valence-electron chi connectivity index (χ0n) is 34.1. The molecule has 1 saturated heterocycles. The summed E-state index contributed by atoms with van der Waals surface area (Å²) in [6.45, 7) is 10.4. The van der Waals surface area contributed by atoms with E-state index in [9.17, 15) is 24.9 Å². The molecule has 55 heavy (non-hydrogen) atoms. The normalized spacial score (nSPS) is 42.1. The molecule has 9 nitrogen and oxygen atoms in total. The first-order valence-corrected chi connectivity index (χ1v) is 21.6. The summed E-state index contributed by atoms with van der Waals surface area (Å²) in [5, 5.41) is 40.7. The summed E-state index contributed by atoms with van der Waals surface area (Å²) in [6, 6.07) is 10.6. The highest BCUT2D eigenvalue weighted by atomic mass is 16.6. The minimum Gasteiger partial charge on any atom is -0.458 e. The lowest BCUT2D eigenvalue weighted by Gasteiger charge is -2.77. The maximum atomic E-state index is 14.0. The van der Waals surface area contributed by atoms with E-state index in [1.807, 2.05) is 25.1 Å². The lowest BCUT2D eigenvalue weighted by atomic mass is 9.30. The van der Waals surface area contributed by atoms with Crippen molar-refractivity contribution >= 4 is 11.9 Å². The third-order valence-corrected chi connectivity index (χ3v) is 15.8. The van der Waals surface area contributed by atoms with Gasteiger partial charge in [-0.1, -0.05) is 102 Å². The molecule has 1 spiro atoms. The van der Waals surface area contributed by atoms with Crippen molar-refractivity contribution in [3.63, 3.8) is 0 Å². The zero-order chi connectivity index (χ0) is 39.3. The molecule has 9 heteroatoms. The van der Waals surface area contributed by atoms with Crippen LogP contribution in [0.15, 0.2) is 54.1 Å². The lowest BCUT2D eigenvalue weighted by molar-refractivity contribution is -0.383. The average Bonchev–Trinajstić information content (AvgIpc) is 3.75. The SMILES string of the molecule is CCCCC[C@H]1C[C@@H]2[C@@H](C1)NN[C@]1(OC(C)=O)C[C@@]3(C)C=C[C@@](O)(CC[C@H](C)CCCc4ccccc4)[C@@]4(C1[C@@]2(C)CC[C@@H]4O)[C@@]3(O)CCC1=CC(=O)OC1. The van der Waals surface area contributed by atoms with Crippen LogP contribution in [0.1, 0.15) is 136 Å². The van der Waals surface area contributed by atoms with E-state index in [0.29, 0.717) is 38.0 Å². The fourth-order valence-corrected chi connectivity index (χ4v) is 13.4. The number of aliphatic hydroxyl groups is 3. The van der Waals surface area contributed by atoms with E-state index in [2.05, 4.69) is 55.9 Å². The van der Waals surface area contributed by atoms with Gasteiger partial charge in [-0.25, -0.2) is 10.2 Å². The number of fused-ring (bicyclic) bond motifs is 3.